The number of amides is 1. The maximum Gasteiger partial charge on any atom is 0.241 e. The third kappa shape index (κ3) is 6.62. The minimum absolute atomic E-state index is 0.184. The van der Waals surface area contributed by atoms with Gasteiger partial charge in [0.05, 0.1) is 29.8 Å². The molecule has 0 radical (unpaired) electrons. The molecule has 2 aromatic rings. The summed E-state index contributed by atoms with van der Waals surface area (Å²) in [5.41, 5.74) is 0.736. The van der Waals surface area contributed by atoms with Crippen molar-refractivity contribution in [3.63, 3.8) is 0 Å². The van der Waals surface area contributed by atoms with Crippen LogP contribution in [0.25, 0.3) is 0 Å². The molecule has 2 N–H and O–H groups in total. The highest BCUT2D eigenvalue weighted by Crippen LogP contribution is 2.35. The van der Waals surface area contributed by atoms with Gasteiger partial charge in [-0.15, -0.1) is 0 Å². The molecule has 9 heteroatoms. The maximum absolute atomic E-state index is 12.4. The van der Waals surface area contributed by atoms with Gasteiger partial charge < -0.3 is 14.8 Å². The number of methoxy groups -OCH3 is 2. The van der Waals surface area contributed by atoms with Gasteiger partial charge in [-0.05, 0) is 44.9 Å². The largest absolute Gasteiger partial charge is 0.495 e. The molecular weight excluding hydrogens is 428 g/mol. The Morgan fingerprint density at radius 1 is 1.03 bits per heavy atom. The van der Waals surface area contributed by atoms with E-state index in [2.05, 4.69) is 10.0 Å². The average Bonchev–Trinajstić information content (AvgIpc) is 2.66. The molecule has 0 aliphatic rings. The lowest BCUT2D eigenvalue weighted by Gasteiger charge is -2.20. The van der Waals surface area contributed by atoms with Crippen molar-refractivity contribution >= 4 is 33.2 Å². The Morgan fingerprint density at radius 3 is 2.17 bits per heavy atom. The third-order valence-electron chi connectivity index (χ3n) is 4.06. The Morgan fingerprint density at radius 2 is 1.63 bits per heavy atom. The topological polar surface area (TPSA) is 93.7 Å². The van der Waals surface area contributed by atoms with E-state index in [1.165, 1.54) is 26.4 Å². The number of aryl methyl sites for hydroxylation is 1. The van der Waals surface area contributed by atoms with E-state index in [0.717, 1.165) is 5.56 Å². The van der Waals surface area contributed by atoms with Crippen LogP contribution in [0.2, 0.25) is 5.02 Å². The van der Waals surface area contributed by atoms with E-state index in [1.807, 2.05) is 0 Å². The van der Waals surface area contributed by atoms with Crippen LogP contribution < -0.4 is 19.5 Å². The highest BCUT2D eigenvalue weighted by Gasteiger charge is 2.21. The lowest BCUT2D eigenvalue weighted by Crippen LogP contribution is -2.40. The predicted octanol–water partition coefficient (Wildman–Crippen LogP) is 4.01. The van der Waals surface area contributed by atoms with Gasteiger partial charge in [0, 0.05) is 24.1 Å². The number of ether oxygens (including phenoxy) is 2. The fourth-order valence-electron chi connectivity index (χ4n) is 2.73. The Balaban J connectivity index is 2.02. The van der Waals surface area contributed by atoms with Gasteiger partial charge in [0.15, 0.2) is 0 Å². The van der Waals surface area contributed by atoms with E-state index in [0.29, 0.717) is 28.6 Å². The number of carbonyl (C=O) groups is 1. The smallest absolute Gasteiger partial charge is 0.241 e. The molecule has 0 fully saturated rings. The molecule has 0 saturated carbocycles. The zero-order chi connectivity index (χ0) is 22.5. The van der Waals surface area contributed by atoms with Crippen LogP contribution in [0.3, 0.4) is 0 Å². The van der Waals surface area contributed by atoms with Crippen LogP contribution in [0.4, 0.5) is 5.69 Å². The van der Waals surface area contributed by atoms with Crippen LogP contribution in [0.15, 0.2) is 41.3 Å². The van der Waals surface area contributed by atoms with E-state index in [1.54, 1.807) is 45.0 Å². The molecule has 0 spiro atoms. The molecule has 0 heterocycles. The van der Waals surface area contributed by atoms with Crippen LogP contribution in [-0.4, -0.2) is 34.1 Å². The van der Waals surface area contributed by atoms with Gasteiger partial charge in [-0.3, -0.25) is 4.79 Å². The number of benzene rings is 2. The van der Waals surface area contributed by atoms with Crippen molar-refractivity contribution in [1.29, 1.82) is 0 Å². The van der Waals surface area contributed by atoms with Crippen molar-refractivity contribution in [3.8, 4) is 11.5 Å². The summed E-state index contributed by atoms with van der Waals surface area (Å²) in [6, 6.07) is 9.65. The second-order valence-corrected chi connectivity index (χ2v) is 9.82. The molecule has 1 amide bonds. The Bertz CT molecular complexity index is 999. The summed E-state index contributed by atoms with van der Waals surface area (Å²) in [4.78, 5) is 12.6. The van der Waals surface area contributed by atoms with Crippen molar-refractivity contribution in [1.82, 2.24) is 4.72 Å². The van der Waals surface area contributed by atoms with E-state index in [9.17, 15) is 13.2 Å². The molecular formula is C21H27ClN2O5S. The average molecular weight is 455 g/mol. The van der Waals surface area contributed by atoms with Gasteiger partial charge in [-0.2, -0.15) is 0 Å². The summed E-state index contributed by atoms with van der Waals surface area (Å²) in [5, 5.41) is 3.16. The highest BCUT2D eigenvalue weighted by molar-refractivity contribution is 7.89. The van der Waals surface area contributed by atoms with E-state index in [-0.39, 0.29) is 17.2 Å². The lowest BCUT2D eigenvalue weighted by atomic mass is 10.1. The molecule has 7 nitrogen and oxygen atoms in total. The van der Waals surface area contributed by atoms with Crippen LogP contribution in [0, 0.1) is 0 Å². The normalized spacial score (nSPS) is 11.8. The van der Waals surface area contributed by atoms with Crippen molar-refractivity contribution < 1.29 is 22.7 Å². The number of sulfonamides is 1. The standard InChI is InChI=1S/C21H27ClN2O5S/c1-21(2,3)24-30(26,27)15-9-6-14(7-10-15)8-11-20(25)23-17-13-18(28-4)16(22)12-19(17)29-5/h6-7,9-10,12-13,24H,8,11H2,1-5H3,(H,23,25). The summed E-state index contributed by atoms with van der Waals surface area (Å²) in [7, 11) is -0.620. The first kappa shape index (κ1) is 24.0. The van der Waals surface area contributed by atoms with Gasteiger partial charge in [-0.1, -0.05) is 23.7 Å². The second-order valence-electron chi connectivity index (χ2n) is 7.73. The zero-order valence-electron chi connectivity index (χ0n) is 17.7. The summed E-state index contributed by atoms with van der Waals surface area (Å²) in [5.74, 6) is 0.632. The van der Waals surface area contributed by atoms with Crippen LogP contribution >= 0.6 is 11.6 Å². The van der Waals surface area contributed by atoms with E-state index >= 15 is 0 Å². The summed E-state index contributed by atoms with van der Waals surface area (Å²) in [6.45, 7) is 5.34. The van der Waals surface area contributed by atoms with Gasteiger partial charge in [-0.25, -0.2) is 13.1 Å². The molecule has 0 aromatic heterocycles. The van der Waals surface area contributed by atoms with Crippen molar-refractivity contribution in [3.05, 3.63) is 47.0 Å². The van der Waals surface area contributed by atoms with Crippen molar-refractivity contribution in [2.24, 2.45) is 0 Å². The molecule has 0 atom stereocenters. The Labute approximate surface area is 182 Å². The van der Waals surface area contributed by atoms with Gasteiger partial charge in [0.2, 0.25) is 15.9 Å². The molecule has 2 rings (SSSR count). The first-order valence-corrected chi connectivity index (χ1v) is 11.2. The SMILES string of the molecule is COc1cc(NC(=O)CCc2ccc(S(=O)(=O)NC(C)(C)C)cc2)c(OC)cc1Cl. The van der Waals surface area contributed by atoms with E-state index in [4.69, 9.17) is 21.1 Å². The van der Waals surface area contributed by atoms with Crippen molar-refractivity contribution in [2.45, 2.75) is 44.0 Å². The molecule has 30 heavy (non-hydrogen) atoms. The summed E-state index contributed by atoms with van der Waals surface area (Å²) in [6.07, 6.45) is 0.659. The van der Waals surface area contributed by atoms with Crippen molar-refractivity contribution in [2.75, 3.05) is 19.5 Å². The fourth-order valence-corrected chi connectivity index (χ4v) is 4.38. The zero-order valence-corrected chi connectivity index (χ0v) is 19.3. The molecule has 0 bridgehead atoms. The Hall–Kier alpha value is -2.29. The third-order valence-corrected chi connectivity index (χ3v) is 6.13. The predicted molar refractivity (Wildman–Crippen MR) is 118 cm³/mol. The maximum atomic E-state index is 12.4. The summed E-state index contributed by atoms with van der Waals surface area (Å²) >= 11 is 6.07. The first-order chi connectivity index (χ1) is 13.9. The van der Waals surface area contributed by atoms with Crippen LogP contribution in [0.1, 0.15) is 32.8 Å². The number of anilines is 1. The number of hydrogen-bond donors (Lipinski definition) is 2. The number of carbonyl (C=O) groups excluding carboxylic acids is 1. The van der Waals surface area contributed by atoms with Gasteiger partial charge in [0.1, 0.15) is 11.5 Å². The monoisotopic (exact) mass is 454 g/mol. The molecule has 0 saturated heterocycles. The minimum atomic E-state index is -3.59. The minimum Gasteiger partial charge on any atom is -0.495 e. The number of rotatable bonds is 8. The number of hydrogen-bond acceptors (Lipinski definition) is 5. The van der Waals surface area contributed by atoms with Crippen LogP contribution in [0.5, 0.6) is 11.5 Å². The molecule has 0 unspecified atom stereocenters. The highest BCUT2D eigenvalue weighted by atomic mass is 35.5. The molecule has 2 aromatic carbocycles. The fraction of sp³-hybridized carbons (Fsp3) is 0.381. The van der Waals surface area contributed by atoms with Gasteiger partial charge >= 0.3 is 0 Å². The molecule has 164 valence electrons. The van der Waals surface area contributed by atoms with Gasteiger partial charge in [0.25, 0.3) is 0 Å². The quantitative estimate of drug-likeness (QED) is 0.628. The Kier molecular flexibility index (Phi) is 7.74. The van der Waals surface area contributed by atoms with Crippen LogP contribution in [-0.2, 0) is 21.2 Å². The second kappa shape index (κ2) is 9.68. The van der Waals surface area contributed by atoms with E-state index < -0.39 is 15.6 Å². The molecule has 0 aliphatic carbocycles. The first-order valence-electron chi connectivity index (χ1n) is 9.29. The number of halogens is 1. The lowest BCUT2D eigenvalue weighted by molar-refractivity contribution is -0.116. The summed E-state index contributed by atoms with van der Waals surface area (Å²) < 4.78 is 37.7. The molecule has 0 aliphatic heterocycles. The number of nitrogens with one attached hydrogen (secondary N) is 2.